The van der Waals surface area contributed by atoms with Crippen LogP contribution in [0.5, 0.6) is 0 Å². The number of rotatable bonds is 2. The van der Waals surface area contributed by atoms with E-state index in [0.717, 1.165) is 35.3 Å². The number of hydrogen-bond acceptors (Lipinski definition) is 5. The van der Waals surface area contributed by atoms with Crippen molar-refractivity contribution in [1.29, 1.82) is 0 Å². The van der Waals surface area contributed by atoms with Gasteiger partial charge in [0.2, 0.25) is 5.96 Å². The Labute approximate surface area is 130 Å². The summed E-state index contributed by atoms with van der Waals surface area (Å²) in [4.78, 5) is 7.05. The van der Waals surface area contributed by atoms with E-state index in [4.69, 9.17) is 16.6 Å². The molecule has 0 aromatic heterocycles. The van der Waals surface area contributed by atoms with Crippen molar-refractivity contribution in [3.8, 4) is 0 Å². The van der Waals surface area contributed by atoms with Crippen molar-refractivity contribution in [3.05, 3.63) is 28.8 Å². The molecule has 0 spiro atoms. The fourth-order valence-corrected chi connectivity index (χ4v) is 2.92. The van der Waals surface area contributed by atoms with E-state index in [2.05, 4.69) is 22.2 Å². The summed E-state index contributed by atoms with van der Waals surface area (Å²) in [5.41, 5.74) is 2.10. The van der Waals surface area contributed by atoms with Gasteiger partial charge in [-0.1, -0.05) is 11.6 Å². The van der Waals surface area contributed by atoms with Gasteiger partial charge >= 0.3 is 0 Å². The molecule has 112 valence electrons. The van der Waals surface area contributed by atoms with Crippen molar-refractivity contribution in [3.63, 3.8) is 0 Å². The van der Waals surface area contributed by atoms with Gasteiger partial charge in [0.15, 0.2) is 0 Å². The SMILES string of the molecule is C/C=N\N1C(N2CC(NC)C2)=Nc2ccc(Cl)cc2C1C. The number of nitrogens with zero attached hydrogens (tertiary/aromatic N) is 4. The van der Waals surface area contributed by atoms with Crippen LogP contribution in [0.25, 0.3) is 0 Å². The molecule has 2 aliphatic rings. The molecule has 5 nitrogen and oxygen atoms in total. The molecule has 0 radical (unpaired) electrons. The number of hydrogen-bond donors (Lipinski definition) is 1. The highest BCUT2D eigenvalue weighted by atomic mass is 35.5. The van der Waals surface area contributed by atoms with Crippen molar-refractivity contribution < 1.29 is 0 Å². The second kappa shape index (κ2) is 5.66. The van der Waals surface area contributed by atoms with Crippen LogP contribution in [0.3, 0.4) is 0 Å². The summed E-state index contributed by atoms with van der Waals surface area (Å²) in [6, 6.07) is 6.50. The first-order valence-corrected chi connectivity index (χ1v) is 7.60. The molecular weight excluding hydrogens is 286 g/mol. The summed E-state index contributed by atoms with van der Waals surface area (Å²) in [5.74, 6) is 0.918. The molecule has 0 aliphatic carbocycles. The lowest BCUT2D eigenvalue weighted by atomic mass is 10.0. The van der Waals surface area contributed by atoms with Crippen molar-refractivity contribution in [1.82, 2.24) is 15.2 Å². The molecule has 2 heterocycles. The van der Waals surface area contributed by atoms with Crippen molar-refractivity contribution in [2.24, 2.45) is 10.1 Å². The first kappa shape index (κ1) is 14.4. The number of fused-ring (bicyclic) bond motifs is 1. The topological polar surface area (TPSA) is 43.2 Å². The second-order valence-electron chi connectivity index (χ2n) is 5.40. The zero-order chi connectivity index (χ0) is 15.0. The highest BCUT2D eigenvalue weighted by Crippen LogP contribution is 2.37. The molecule has 0 saturated carbocycles. The lowest BCUT2D eigenvalue weighted by molar-refractivity contribution is 0.180. The van der Waals surface area contributed by atoms with Crippen LogP contribution >= 0.6 is 11.6 Å². The Morgan fingerprint density at radius 3 is 2.86 bits per heavy atom. The maximum absolute atomic E-state index is 6.12. The number of likely N-dealkylation sites (N-methyl/N-ethyl adjacent to an activating group) is 1. The van der Waals surface area contributed by atoms with E-state index in [-0.39, 0.29) is 6.04 Å². The number of likely N-dealkylation sites (tertiary alicyclic amines) is 1. The fourth-order valence-electron chi connectivity index (χ4n) is 2.74. The highest BCUT2D eigenvalue weighted by Gasteiger charge is 2.36. The normalized spacial score (nSPS) is 22.3. The minimum atomic E-state index is 0.121. The quantitative estimate of drug-likeness (QED) is 0.854. The predicted molar refractivity (Wildman–Crippen MR) is 87.4 cm³/mol. The molecule has 1 N–H and O–H groups in total. The largest absolute Gasteiger partial charge is 0.338 e. The number of nitrogens with one attached hydrogen (secondary N) is 1. The van der Waals surface area contributed by atoms with Crippen molar-refractivity contribution in [2.45, 2.75) is 25.9 Å². The first-order valence-electron chi connectivity index (χ1n) is 7.22. The summed E-state index contributed by atoms with van der Waals surface area (Å²) in [5, 5.41) is 10.5. The number of benzene rings is 1. The first-order chi connectivity index (χ1) is 10.1. The lowest BCUT2D eigenvalue weighted by Gasteiger charge is -2.45. The van der Waals surface area contributed by atoms with E-state index in [9.17, 15) is 0 Å². The van der Waals surface area contributed by atoms with Gasteiger partial charge < -0.3 is 10.2 Å². The van der Waals surface area contributed by atoms with Crippen LogP contribution in [-0.4, -0.2) is 48.3 Å². The third kappa shape index (κ3) is 2.51. The van der Waals surface area contributed by atoms with Gasteiger partial charge in [-0.25, -0.2) is 10.0 Å². The van der Waals surface area contributed by atoms with E-state index >= 15 is 0 Å². The van der Waals surface area contributed by atoms with E-state index in [1.807, 2.05) is 37.2 Å². The van der Waals surface area contributed by atoms with Gasteiger partial charge in [0.1, 0.15) is 0 Å². The minimum Gasteiger partial charge on any atom is -0.338 e. The zero-order valence-corrected chi connectivity index (χ0v) is 13.3. The Kier molecular flexibility index (Phi) is 3.87. The Morgan fingerprint density at radius 1 is 1.43 bits per heavy atom. The van der Waals surface area contributed by atoms with Gasteiger partial charge in [0.05, 0.1) is 11.7 Å². The van der Waals surface area contributed by atoms with Crippen LogP contribution < -0.4 is 5.32 Å². The third-order valence-corrected chi connectivity index (χ3v) is 4.28. The number of aliphatic imine (C=N–C) groups is 1. The lowest BCUT2D eigenvalue weighted by Crippen LogP contribution is -2.62. The number of hydrazone groups is 1. The van der Waals surface area contributed by atoms with E-state index in [1.54, 1.807) is 6.21 Å². The van der Waals surface area contributed by atoms with Crippen LogP contribution in [0.2, 0.25) is 5.02 Å². The maximum Gasteiger partial charge on any atom is 0.223 e. The Bertz CT molecular complexity index is 592. The summed E-state index contributed by atoms with van der Waals surface area (Å²) >= 11 is 6.12. The van der Waals surface area contributed by atoms with Crippen LogP contribution in [-0.2, 0) is 0 Å². The molecular formula is C15H20ClN5. The molecule has 3 rings (SSSR count). The average molecular weight is 306 g/mol. The molecule has 0 amide bonds. The molecule has 2 aliphatic heterocycles. The van der Waals surface area contributed by atoms with Gasteiger partial charge in [-0.2, -0.15) is 5.10 Å². The number of halogens is 1. The van der Waals surface area contributed by atoms with Gasteiger partial charge in [-0.3, -0.25) is 0 Å². The average Bonchev–Trinajstić information content (AvgIpc) is 2.42. The van der Waals surface area contributed by atoms with Gasteiger partial charge in [0.25, 0.3) is 0 Å². The molecule has 1 saturated heterocycles. The molecule has 1 unspecified atom stereocenters. The Hall–Kier alpha value is -1.59. The molecule has 1 aromatic rings. The van der Waals surface area contributed by atoms with Crippen LogP contribution in [0.4, 0.5) is 5.69 Å². The van der Waals surface area contributed by atoms with Crippen molar-refractivity contribution in [2.75, 3.05) is 20.1 Å². The van der Waals surface area contributed by atoms with E-state index in [0.29, 0.717) is 6.04 Å². The standard InChI is InChI=1S/C15H20ClN5/c1-4-18-21-10(2)13-7-11(16)5-6-14(13)19-15(21)20-8-12(9-20)17-3/h4-7,10,12,17H,8-9H2,1-3H3/b18-4-. The third-order valence-electron chi connectivity index (χ3n) is 4.04. The molecule has 1 fully saturated rings. The zero-order valence-electron chi connectivity index (χ0n) is 12.5. The van der Waals surface area contributed by atoms with Crippen LogP contribution in [0.1, 0.15) is 25.5 Å². The predicted octanol–water partition coefficient (Wildman–Crippen LogP) is 2.61. The molecule has 0 bridgehead atoms. The number of guanidine groups is 1. The van der Waals surface area contributed by atoms with Gasteiger partial charge in [-0.15, -0.1) is 0 Å². The Morgan fingerprint density at radius 2 is 2.19 bits per heavy atom. The van der Waals surface area contributed by atoms with Gasteiger partial charge in [0, 0.05) is 35.9 Å². The highest BCUT2D eigenvalue weighted by molar-refractivity contribution is 6.30. The maximum atomic E-state index is 6.12. The molecule has 21 heavy (non-hydrogen) atoms. The summed E-state index contributed by atoms with van der Waals surface area (Å²) in [6.45, 7) is 5.97. The summed E-state index contributed by atoms with van der Waals surface area (Å²) < 4.78 is 0. The van der Waals surface area contributed by atoms with Crippen LogP contribution in [0, 0.1) is 0 Å². The fraction of sp³-hybridized carbons (Fsp3) is 0.467. The van der Waals surface area contributed by atoms with Crippen LogP contribution in [0.15, 0.2) is 28.3 Å². The summed E-state index contributed by atoms with van der Waals surface area (Å²) in [7, 11) is 1.99. The van der Waals surface area contributed by atoms with E-state index in [1.165, 1.54) is 0 Å². The smallest absolute Gasteiger partial charge is 0.223 e. The monoisotopic (exact) mass is 305 g/mol. The summed E-state index contributed by atoms with van der Waals surface area (Å²) in [6.07, 6.45) is 1.80. The van der Waals surface area contributed by atoms with Gasteiger partial charge in [-0.05, 0) is 39.1 Å². The molecule has 1 aromatic carbocycles. The Balaban J connectivity index is 1.97. The second-order valence-corrected chi connectivity index (χ2v) is 5.84. The molecule has 1 atom stereocenters. The minimum absolute atomic E-state index is 0.121. The van der Waals surface area contributed by atoms with Crippen molar-refractivity contribution >= 4 is 29.5 Å². The molecule has 6 heteroatoms. The van der Waals surface area contributed by atoms with E-state index < -0.39 is 0 Å².